The first-order valence-corrected chi connectivity index (χ1v) is 15.4. The fourth-order valence-electron chi connectivity index (χ4n) is 5.04. The average molecular weight is 640 g/mol. The Bertz CT molecular complexity index is 1330. The fraction of sp³-hybridized carbons (Fsp3) is 0.469. The van der Waals surface area contributed by atoms with Gasteiger partial charge in [-0.3, -0.25) is 24.2 Å². The minimum absolute atomic E-state index is 0.0337. The van der Waals surface area contributed by atoms with E-state index in [4.69, 9.17) is 28.7 Å². The van der Waals surface area contributed by atoms with Gasteiger partial charge in [-0.2, -0.15) is 0 Å². The van der Waals surface area contributed by atoms with Gasteiger partial charge >= 0.3 is 0 Å². The van der Waals surface area contributed by atoms with Gasteiger partial charge < -0.3 is 49.7 Å². The summed E-state index contributed by atoms with van der Waals surface area (Å²) in [6.07, 6.45) is 2.23. The highest BCUT2D eigenvalue weighted by molar-refractivity contribution is 5.94. The fourth-order valence-corrected chi connectivity index (χ4v) is 5.04. The van der Waals surface area contributed by atoms with Gasteiger partial charge in [0, 0.05) is 13.0 Å². The van der Waals surface area contributed by atoms with E-state index in [9.17, 15) is 24.3 Å². The molecule has 0 aliphatic heterocycles. The number of benzene rings is 2. The number of aromatic hydroxyl groups is 1. The summed E-state index contributed by atoms with van der Waals surface area (Å²) in [6.45, 7) is 4.18. The number of nitrogens with two attached hydrogens (primary N) is 5. The highest BCUT2D eigenvalue weighted by Gasteiger charge is 2.30. The minimum Gasteiger partial charge on any atom is -0.508 e. The summed E-state index contributed by atoms with van der Waals surface area (Å²) in [5.41, 5.74) is 31.1. The van der Waals surface area contributed by atoms with Crippen LogP contribution in [0.15, 0.2) is 47.5 Å². The molecule has 0 aliphatic rings. The van der Waals surface area contributed by atoms with E-state index in [1.54, 1.807) is 26.0 Å². The van der Waals surface area contributed by atoms with Gasteiger partial charge in [0.1, 0.15) is 23.9 Å². The van der Waals surface area contributed by atoms with Crippen LogP contribution in [0.1, 0.15) is 54.4 Å². The maximum absolute atomic E-state index is 13.7. The molecule has 4 amide bonds. The van der Waals surface area contributed by atoms with Crippen molar-refractivity contribution in [2.24, 2.45) is 33.7 Å². The number of carbonyl (C=O) groups excluding carboxylic acids is 4. The molecule has 2 rings (SSSR count). The van der Waals surface area contributed by atoms with Crippen LogP contribution in [0.5, 0.6) is 5.75 Å². The number of nitrogens with one attached hydrogen (secondary N) is 3. The largest absolute Gasteiger partial charge is 0.508 e. The van der Waals surface area contributed by atoms with Gasteiger partial charge in [-0.05, 0) is 93.3 Å². The van der Waals surface area contributed by atoms with E-state index in [2.05, 4.69) is 20.9 Å². The van der Waals surface area contributed by atoms with Gasteiger partial charge in [0.15, 0.2) is 5.96 Å². The topological polar surface area (TPSA) is 267 Å². The quantitative estimate of drug-likeness (QED) is 0.0530. The molecule has 4 atom stereocenters. The zero-order chi connectivity index (χ0) is 34.2. The van der Waals surface area contributed by atoms with E-state index in [1.165, 1.54) is 0 Å². The summed E-state index contributed by atoms with van der Waals surface area (Å²) in [6, 6.07) is 8.23. The van der Waals surface area contributed by atoms with E-state index in [0.29, 0.717) is 36.9 Å². The van der Waals surface area contributed by atoms with Crippen LogP contribution in [-0.2, 0) is 32.0 Å². The van der Waals surface area contributed by atoms with Gasteiger partial charge in [0.2, 0.25) is 23.6 Å². The van der Waals surface area contributed by atoms with Crippen molar-refractivity contribution in [1.29, 1.82) is 0 Å². The Hall–Kier alpha value is -4.69. The molecule has 46 heavy (non-hydrogen) atoms. The lowest BCUT2D eigenvalue weighted by Crippen LogP contribution is -2.58. The number of hydrogen-bond donors (Lipinski definition) is 9. The van der Waals surface area contributed by atoms with Gasteiger partial charge in [0.05, 0.1) is 6.04 Å². The predicted molar refractivity (Wildman–Crippen MR) is 177 cm³/mol. The van der Waals surface area contributed by atoms with Crippen LogP contribution in [-0.4, -0.2) is 72.0 Å². The third-order valence-corrected chi connectivity index (χ3v) is 7.54. The summed E-state index contributed by atoms with van der Waals surface area (Å²) < 4.78 is 0. The number of rotatable bonds is 19. The minimum atomic E-state index is -1.17. The SMILES string of the molecule is Cc1cc(O)cc(C)c1C[C@H](NC(=O)[C@H](CCCCN)NC(=O)[C@@H](N)Cc1ccccc1)C(=O)N[C@H](CCCN=C(N)N)C(N)=O. The third-order valence-electron chi connectivity index (χ3n) is 7.54. The molecule has 0 saturated carbocycles. The Kier molecular flexibility index (Phi) is 15.5. The monoisotopic (exact) mass is 639 g/mol. The van der Waals surface area contributed by atoms with Gasteiger partial charge in [0.25, 0.3) is 0 Å². The van der Waals surface area contributed by atoms with E-state index in [1.807, 2.05) is 30.3 Å². The number of aliphatic imine (C=N–C) groups is 1. The zero-order valence-electron chi connectivity index (χ0n) is 26.6. The molecule has 0 bridgehead atoms. The summed E-state index contributed by atoms with van der Waals surface area (Å²) in [4.78, 5) is 56.6. The Morgan fingerprint density at radius 3 is 1.93 bits per heavy atom. The lowest BCUT2D eigenvalue weighted by molar-refractivity contribution is -0.133. The molecule has 0 unspecified atom stereocenters. The molecule has 0 heterocycles. The number of aryl methyl sites for hydroxylation is 2. The first-order chi connectivity index (χ1) is 21.8. The Balaban J connectivity index is 2.31. The van der Waals surface area contributed by atoms with Crippen molar-refractivity contribution >= 4 is 29.6 Å². The average Bonchev–Trinajstić information content (AvgIpc) is 2.99. The summed E-state index contributed by atoms with van der Waals surface area (Å²) in [5.74, 6) is -2.57. The second kappa shape index (κ2) is 19.0. The van der Waals surface area contributed by atoms with Crippen LogP contribution in [0.25, 0.3) is 0 Å². The van der Waals surface area contributed by atoms with Crippen molar-refractivity contribution in [2.75, 3.05) is 13.1 Å². The number of primary amides is 1. The summed E-state index contributed by atoms with van der Waals surface area (Å²) in [5, 5.41) is 18.2. The van der Waals surface area contributed by atoms with Crippen molar-refractivity contribution in [1.82, 2.24) is 16.0 Å². The third kappa shape index (κ3) is 12.7. The molecule has 14 N–H and O–H groups in total. The van der Waals surface area contributed by atoms with Crippen molar-refractivity contribution in [3.63, 3.8) is 0 Å². The van der Waals surface area contributed by atoms with E-state index in [0.717, 1.165) is 11.1 Å². The molecule has 0 spiro atoms. The Labute approximate surface area is 269 Å². The maximum Gasteiger partial charge on any atom is 0.243 e. The van der Waals surface area contributed by atoms with E-state index >= 15 is 0 Å². The van der Waals surface area contributed by atoms with Crippen LogP contribution >= 0.6 is 0 Å². The molecule has 14 nitrogen and oxygen atoms in total. The molecule has 252 valence electrons. The first kappa shape index (κ1) is 37.5. The molecule has 2 aromatic rings. The van der Waals surface area contributed by atoms with Crippen LogP contribution in [0, 0.1) is 13.8 Å². The Morgan fingerprint density at radius 1 is 0.783 bits per heavy atom. The molecule has 14 heteroatoms. The van der Waals surface area contributed by atoms with Crippen molar-refractivity contribution < 1.29 is 24.3 Å². The van der Waals surface area contributed by atoms with Gasteiger partial charge in [-0.15, -0.1) is 0 Å². The molecule has 0 aromatic heterocycles. The lowest BCUT2D eigenvalue weighted by atomic mass is 9.95. The summed E-state index contributed by atoms with van der Waals surface area (Å²) in [7, 11) is 0. The van der Waals surface area contributed by atoms with E-state index < -0.39 is 47.8 Å². The van der Waals surface area contributed by atoms with Crippen LogP contribution in [0.2, 0.25) is 0 Å². The zero-order valence-corrected chi connectivity index (χ0v) is 26.6. The second-order valence-electron chi connectivity index (χ2n) is 11.4. The first-order valence-electron chi connectivity index (χ1n) is 15.4. The van der Waals surface area contributed by atoms with Crippen molar-refractivity contribution in [2.45, 2.75) is 83.0 Å². The number of nitrogens with zero attached hydrogens (tertiary/aromatic N) is 1. The maximum atomic E-state index is 13.7. The molecule has 0 aliphatic carbocycles. The Morgan fingerprint density at radius 2 is 1.35 bits per heavy atom. The number of guanidine groups is 1. The number of unbranched alkanes of at least 4 members (excludes halogenated alkanes) is 1. The lowest BCUT2D eigenvalue weighted by Gasteiger charge is -2.26. The highest BCUT2D eigenvalue weighted by atomic mass is 16.3. The van der Waals surface area contributed by atoms with Crippen LogP contribution in [0.4, 0.5) is 0 Å². The number of amides is 4. The smallest absolute Gasteiger partial charge is 0.243 e. The van der Waals surface area contributed by atoms with E-state index in [-0.39, 0.29) is 43.9 Å². The number of hydrogen-bond acceptors (Lipinski definition) is 8. The highest BCUT2D eigenvalue weighted by Crippen LogP contribution is 2.22. The molecule has 0 saturated heterocycles. The standard InChI is InChI=1S/C32H49N9O5/c1-19-15-22(42)16-20(2)23(19)18-27(31(46)39-25(28(35)43)12-8-14-38-32(36)37)41-30(45)26(11-6-7-13-33)40-29(44)24(34)17-21-9-4-3-5-10-21/h3-5,9-10,15-16,24-27,42H,6-8,11-14,17-18,33-34H2,1-2H3,(H2,35,43)(H,39,46)(H,40,44)(H,41,45)(H4,36,37,38)/t24-,25+,26-,27-/m0/s1. The molecule has 2 aromatic carbocycles. The number of carbonyl (C=O) groups is 4. The number of phenols is 1. The van der Waals surface area contributed by atoms with Crippen molar-refractivity contribution in [3.05, 3.63) is 64.7 Å². The van der Waals surface area contributed by atoms with Crippen LogP contribution in [0.3, 0.4) is 0 Å². The van der Waals surface area contributed by atoms with Gasteiger partial charge in [-0.25, -0.2) is 0 Å². The predicted octanol–water partition coefficient (Wildman–Crippen LogP) is -0.756. The van der Waals surface area contributed by atoms with Crippen molar-refractivity contribution in [3.8, 4) is 5.75 Å². The van der Waals surface area contributed by atoms with Crippen LogP contribution < -0.4 is 44.6 Å². The molecule has 0 radical (unpaired) electrons. The molecular formula is C32H49N9O5. The number of phenolic OH excluding ortho intramolecular Hbond substituents is 1. The van der Waals surface area contributed by atoms with Gasteiger partial charge in [-0.1, -0.05) is 30.3 Å². The molecular weight excluding hydrogens is 590 g/mol. The second-order valence-corrected chi connectivity index (χ2v) is 11.4. The molecule has 0 fully saturated rings. The normalized spacial score (nSPS) is 13.5. The summed E-state index contributed by atoms with van der Waals surface area (Å²) >= 11 is 0.